The average molecular weight is 504 g/mol. The first kappa shape index (κ1) is 27.5. The van der Waals surface area contributed by atoms with E-state index >= 15 is 0 Å². The topological polar surface area (TPSA) is 171 Å². The molecule has 1 aromatic rings. The van der Waals surface area contributed by atoms with Crippen LogP contribution in [0.15, 0.2) is 24.3 Å². The van der Waals surface area contributed by atoms with Gasteiger partial charge in [0.2, 0.25) is 17.3 Å². The van der Waals surface area contributed by atoms with Gasteiger partial charge in [-0.2, -0.15) is 8.42 Å². The second-order valence-corrected chi connectivity index (χ2v) is 10.0. The Morgan fingerprint density at radius 3 is 2.50 bits per heavy atom. The van der Waals surface area contributed by atoms with Crippen LogP contribution in [0, 0.1) is 17.7 Å². The monoisotopic (exact) mass is 503 g/mol. The zero-order valence-corrected chi connectivity index (χ0v) is 19.7. The van der Waals surface area contributed by atoms with Crippen molar-refractivity contribution < 1.29 is 41.6 Å². The van der Waals surface area contributed by atoms with Crippen LogP contribution in [0.3, 0.4) is 0 Å². The van der Waals surface area contributed by atoms with E-state index in [1.165, 1.54) is 18.2 Å². The van der Waals surface area contributed by atoms with Crippen LogP contribution in [0.4, 0.5) is 9.18 Å². The number of rotatable bonds is 11. The van der Waals surface area contributed by atoms with E-state index in [1.54, 1.807) is 19.9 Å². The predicted molar refractivity (Wildman–Crippen MR) is 118 cm³/mol. The van der Waals surface area contributed by atoms with E-state index in [4.69, 9.17) is 4.74 Å². The second-order valence-electron chi connectivity index (χ2n) is 8.53. The van der Waals surface area contributed by atoms with Crippen molar-refractivity contribution in [3.63, 3.8) is 0 Å². The number of carbonyl (C=O) groups is 3. The molecule has 13 heteroatoms. The number of hydrogen-bond acceptors (Lipinski definition) is 7. The molecule has 1 heterocycles. The van der Waals surface area contributed by atoms with E-state index in [0.717, 1.165) is 0 Å². The Bertz CT molecular complexity index is 988. The molecule has 2 rings (SSSR count). The summed E-state index contributed by atoms with van der Waals surface area (Å²) in [5.74, 6) is -2.54. The number of amides is 3. The minimum atomic E-state index is -4.96. The lowest BCUT2D eigenvalue weighted by molar-refractivity contribution is -0.126. The number of aliphatic hydroxyl groups is 1. The van der Waals surface area contributed by atoms with E-state index in [2.05, 4.69) is 16.0 Å². The summed E-state index contributed by atoms with van der Waals surface area (Å²) in [6, 6.07) is 2.98. The third kappa shape index (κ3) is 8.22. The van der Waals surface area contributed by atoms with Gasteiger partial charge in [-0.25, -0.2) is 9.18 Å². The molecular weight excluding hydrogens is 473 g/mol. The first-order chi connectivity index (χ1) is 15.9. The number of benzene rings is 1. The molecule has 190 valence electrons. The molecule has 3 unspecified atom stereocenters. The highest BCUT2D eigenvalue weighted by Gasteiger charge is 2.37. The summed E-state index contributed by atoms with van der Waals surface area (Å²) >= 11 is 0. The molecule has 1 fully saturated rings. The summed E-state index contributed by atoms with van der Waals surface area (Å²) < 4.78 is 51.0. The molecule has 0 saturated carbocycles. The molecule has 0 aromatic heterocycles. The number of carbonyl (C=O) groups excluding carboxylic acids is 3. The molecule has 0 aliphatic carbocycles. The van der Waals surface area contributed by atoms with Gasteiger partial charge in [-0.05, 0) is 31.2 Å². The van der Waals surface area contributed by atoms with Crippen LogP contribution in [-0.4, -0.2) is 60.0 Å². The standard InChI is InChI=1S/C21H30FN3O8S/c1-12(2)9-16(25-21(29)33-11-14-5-3-4-6-15(14)22)19(27)24-17(20(28)34(30,31)32)10-13-7-8-23-18(13)26/h3-6,12-13,16-17,20,28H,7-11H2,1-2H3,(H,23,26)(H,24,27)(H,25,29)(H,30,31,32)/t13-,16?,17?,20?/m0/s1. The number of ether oxygens (including phenoxy) is 1. The van der Waals surface area contributed by atoms with Gasteiger partial charge in [-0.3, -0.25) is 14.1 Å². The second kappa shape index (κ2) is 12.1. The van der Waals surface area contributed by atoms with E-state index in [1.807, 2.05) is 0 Å². The number of hydrogen-bond donors (Lipinski definition) is 5. The highest BCUT2D eigenvalue weighted by molar-refractivity contribution is 7.86. The van der Waals surface area contributed by atoms with Gasteiger partial charge in [0.15, 0.2) is 0 Å². The lowest BCUT2D eigenvalue weighted by Gasteiger charge is -2.27. The van der Waals surface area contributed by atoms with E-state index in [9.17, 15) is 36.9 Å². The third-order valence-electron chi connectivity index (χ3n) is 5.31. The van der Waals surface area contributed by atoms with Crippen molar-refractivity contribution in [1.29, 1.82) is 0 Å². The molecule has 1 saturated heterocycles. The minimum Gasteiger partial charge on any atom is -0.445 e. The fraction of sp³-hybridized carbons (Fsp3) is 0.571. The van der Waals surface area contributed by atoms with E-state index < -0.39 is 51.4 Å². The molecule has 4 atom stereocenters. The summed E-state index contributed by atoms with van der Waals surface area (Å²) in [6.45, 7) is 3.53. The molecular formula is C21H30FN3O8S. The van der Waals surface area contributed by atoms with Gasteiger partial charge >= 0.3 is 6.09 Å². The molecule has 34 heavy (non-hydrogen) atoms. The lowest BCUT2D eigenvalue weighted by atomic mass is 9.97. The van der Waals surface area contributed by atoms with Gasteiger partial charge in [0.05, 0.1) is 6.04 Å². The number of nitrogens with one attached hydrogen (secondary N) is 3. The van der Waals surface area contributed by atoms with Crippen LogP contribution in [0.5, 0.6) is 0 Å². The fourth-order valence-corrected chi connectivity index (χ4v) is 4.15. The van der Waals surface area contributed by atoms with Gasteiger partial charge in [0.25, 0.3) is 10.1 Å². The molecule has 11 nitrogen and oxygen atoms in total. The molecule has 0 radical (unpaired) electrons. The van der Waals surface area contributed by atoms with Crippen molar-refractivity contribution in [2.75, 3.05) is 6.54 Å². The van der Waals surface area contributed by atoms with Crippen LogP contribution in [0.25, 0.3) is 0 Å². The Hall–Kier alpha value is -2.77. The van der Waals surface area contributed by atoms with E-state index in [-0.39, 0.29) is 36.8 Å². The van der Waals surface area contributed by atoms with Gasteiger partial charge in [-0.1, -0.05) is 32.0 Å². The summed E-state index contributed by atoms with van der Waals surface area (Å²) in [6.07, 6.45) is -0.769. The minimum absolute atomic E-state index is 0.0897. The maximum atomic E-state index is 13.7. The maximum Gasteiger partial charge on any atom is 0.408 e. The summed E-state index contributed by atoms with van der Waals surface area (Å²) in [7, 11) is -4.96. The molecule has 1 aliphatic heterocycles. The Labute approximate surface area is 197 Å². The van der Waals surface area contributed by atoms with Gasteiger partial charge in [-0.15, -0.1) is 0 Å². The first-order valence-electron chi connectivity index (χ1n) is 10.8. The molecule has 0 spiro atoms. The SMILES string of the molecule is CC(C)CC(NC(=O)OCc1ccccc1F)C(=O)NC(C[C@@H]1CCNC1=O)C(O)S(=O)(=O)O. The highest BCUT2D eigenvalue weighted by Crippen LogP contribution is 2.20. The lowest BCUT2D eigenvalue weighted by Crippen LogP contribution is -2.54. The smallest absolute Gasteiger partial charge is 0.408 e. The van der Waals surface area contributed by atoms with Gasteiger partial charge in [0, 0.05) is 18.0 Å². The zero-order chi connectivity index (χ0) is 25.5. The third-order valence-corrected chi connectivity index (χ3v) is 6.25. The average Bonchev–Trinajstić information content (AvgIpc) is 3.15. The van der Waals surface area contributed by atoms with Crippen LogP contribution in [0.1, 0.15) is 38.7 Å². The molecule has 5 N–H and O–H groups in total. The largest absolute Gasteiger partial charge is 0.445 e. The van der Waals surface area contributed by atoms with Gasteiger partial charge in [0.1, 0.15) is 18.5 Å². The van der Waals surface area contributed by atoms with Crippen molar-refractivity contribution in [3.05, 3.63) is 35.6 Å². The number of halogens is 1. The fourth-order valence-electron chi connectivity index (χ4n) is 3.56. The van der Waals surface area contributed by atoms with Crippen LogP contribution >= 0.6 is 0 Å². The van der Waals surface area contributed by atoms with Crippen molar-refractivity contribution in [2.45, 2.75) is 57.2 Å². The van der Waals surface area contributed by atoms with Crippen LogP contribution in [0.2, 0.25) is 0 Å². The van der Waals surface area contributed by atoms with Gasteiger partial charge < -0.3 is 25.8 Å². The predicted octanol–water partition coefficient (Wildman–Crippen LogP) is 0.684. The Kier molecular flexibility index (Phi) is 9.77. The summed E-state index contributed by atoms with van der Waals surface area (Å²) in [5.41, 5.74) is -2.24. The maximum absolute atomic E-state index is 13.7. The summed E-state index contributed by atoms with van der Waals surface area (Å²) in [5, 5.41) is 17.3. The Morgan fingerprint density at radius 1 is 1.26 bits per heavy atom. The summed E-state index contributed by atoms with van der Waals surface area (Å²) in [4.78, 5) is 37.0. The van der Waals surface area contributed by atoms with Crippen molar-refractivity contribution in [3.8, 4) is 0 Å². The van der Waals surface area contributed by atoms with Crippen LogP contribution < -0.4 is 16.0 Å². The van der Waals surface area contributed by atoms with E-state index in [0.29, 0.717) is 13.0 Å². The van der Waals surface area contributed by atoms with Crippen LogP contribution in [-0.2, 0) is 31.1 Å². The Morgan fingerprint density at radius 2 is 1.94 bits per heavy atom. The van der Waals surface area contributed by atoms with Crippen molar-refractivity contribution >= 4 is 28.0 Å². The highest BCUT2D eigenvalue weighted by atomic mass is 32.2. The molecule has 1 aliphatic rings. The number of aliphatic hydroxyl groups excluding tert-OH is 1. The Balaban J connectivity index is 2.09. The quantitative estimate of drug-likeness (QED) is 0.274. The number of alkyl carbamates (subject to hydrolysis) is 1. The zero-order valence-electron chi connectivity index (χ0n) is 18.9. The van der Waals surface area contributed by atoms with Crippen molar-refractivity contribution in [1.82, 2.24) is 16.0 Å². The normalized spacial score (nSPS) is 18.6. The first-order valence-corrected chi connectivity index (χ1v) is 12.3. The molecule has 1 aromatic carbocycles. The molecule has 3 amide bonds. The molecule has 0 bridgehead atoms. The van der Waals surface area contributed by atoms with Crippen molar-refractivity contribution in [2.24, 2.45) is 11.8 Å².